The molecule has 0 aliphatic carbocycles. The predicted molar refractivity (Wildman–Crippen MR) is 104 cm³/mol. The highest BCUT2D eigenvalue weighted by molar-refractivity contribution is 6.05. The second kappa shape index (κ2) is 9.29. The van der Waals surface area contributed by atoms with Crippen molar-refractivity contribution in [3.8, 4) is 0 Å². The van der Waals surface area contributed by atoms with Gasteiger partial charge >= 0.3 is 6.18 Å². The highest BCUT2D eigenvalue weighted by Gasteiger charge is 2.33. The van der Waals surface area contributed by atoms with Gasteiger partial charge in [-0.05, 0) is 42.0 Å². The second-order valence-corrected chi connectivity index (χ2v) is 6.38. The molecule has 0 aliphatic heterocycles. The molecule has 0 unspecified atom stereocenters. The van der Waals surface area contributed by atoms with E-state index < -0.39 is 35.9 Å². The summed E-state index contributed by atoms with van der Waals surface area (Å²) >= 11 is 0. The molecular formula is C22H16F4N2O3. The van der Waals surface area contributed by atoms with E-state index in [0.29, 0.717) is 6.07 Å². The molecule has 0 spiro atoms. The SMILES string of the molecule is O=C(NCc1ccc(F)cc1C(F)(F)F)/C(=C/c1ccco1)NC(=O)c1ccccc1. The van der Waals surface area contributed by atoms with Crippen LogP contribution in [0.4, 0.5) is 17.6 Å². The van der Waals surface area contributed by atoms with Gasteiger partial charge in [0.2, 0.25) is 0 Å². The third-order valence-electron chi connectivity index (χ3n) is 4.18. The Morgan fingerprint density at radius 2 is 1.74 bits per heavy atom. The number of rotatable bonds is 6. The lowest BCUT2D eigenvalue weighted by Crippen LogP contribution is -2.35. The molecule has 0 saturated heterocycles. The highest BCUT2D eigenvalue weighted by Crippen LogP contribution is 2.32. The number of furan rings is 1. The molecule has 2 aromatic carbocycles. The van der Waals surface area contributed by atoms with Crippen LogP contribution in [-0.4, -0.2) is 11.8 Å². The summed E-state index contributed by atoms with van der Waals surface area (Å²) in [5.41, 5.74) is -1.48. The molecule has 0 saturated carbocycles. The number of alkyl halides is 3. The molecule has 1 heterocycles. The van der Waals surface area contributed by atoms with Gasteiger partial charge in [0.1, 0.15) is 17.3 Å². The fraction of sp³-hybridized carbons (Fsp3) is 0.0909. The van der Waals surface area contributed by atoms with Crippen molar-refractivity contribution in [2.24, 2.45) is 0 Å². The monoisotopic (exact) mass is 432 g/mol. The van der Waals surface area contributed by atoms with Gasteiger partial charge in [0.25, 0.3) is 11.8 Å². The van der Waals surface area contributed by atoms with Crippen LogP contribution >= 0.6 is 0 Å². The maximum Gasteiger partial charge on any atom is 0.416 e. The first-order valence-electron chi connectivity index (χ1n) is 8.99. The molecule has 0 fully saturated rings. The Hall–Kier alpha value is -3.88. The zero-order valence-corrected chi connectivity index (χ0v) is 15.9. The van der Waals surface area contributed by atoms with E-state index in [1.807, 2.05) is 0 Å². The molecule has 2 N–H and O–H groups in total. The molecule has 160 valence electrons. The summed E-state index contributed by atoms with van der Waals surface area (Å²) in [6, 6.07) is 13.3. The molecule has 2 amide bonds. The number of amides is 2. The number of benzene rings is 2. The normalized spacial score (nSPS) is 11.8. The van der Waals surface area contributed by atoms with E-state index in [-0.39, 0.29) is 22.6 Å². The van der Waals surface area contributed by atoms with Gasteiger partial charge in [0.15, 0.2) is 0 Å². The van der Waals surface area contributed by atoms with Crippen LogP contribution in [0, 0.1) is 5.82 Å². The quantitative estimate of drug-likeness (QED) is 0.444. The maximum atomic E-state index is 13.3. The minimum atomic E-state index is -4.80. The minimum absolute atomic E-state index is 0.237. The average Bonchev–Trinajstić information content (AvgIpc) is 3.25. The van der Waals surface area contributed by atoms with Crippen LogP contribution in [-0.2, 0) is 17.5 Å². The van der Waals surface area contributed by atoms with Crippen molar-refractivity contribution < 1.29 is 31.6 Å². The third-order valence-corrected chi connectivity index (χ3v) is 4.18. The Bertz CT molecular complexity index is 1090. The molecule has 3 aromatic rings. The molecule has 0 bridgehead atoms. The first kappa shape index (κ1) is 21.8. The molecule has 0 radical (unpaired) electrons. The number of hydrogen-bond acceptors (Lipinski definition) is 3. The van der Waals surface area contributed by atoms with Crippen LogP contribution in [0.1, 0.15) is 27.2 Å². The molecule has 0 aliphatic rings. The van der Waals surface area contributed by atoms with Gasteiger partial charge in [-0.1, -0.05) is 24.3 Å². The van der Waals surface area contributed by atoms with Crippen molar-refractivity contribution >= 4 is 17.9 Å². The third kappa shape index (κ3) is 5.81. The molecule has 0 atom stereocenters. The summed E-state index contributed by atoms with van der Waals surface area (Å²) in [7, 11) is 0. The van der Waals surface area contributed by atoms with E-state index in [0.717, 1.165) is 12.1 Å². The average molecular weight is 432 g/mol. The fourth-order valence-corrected chi connectivity index (χ4v) is 2.70. The van der Waals surface area contributed by atoms with Gasteiger partial charge in [-0.25, -0.2) is 4.39 Å². The molecule has 5 nitrogen and oxygen atoms in total. The fourth-order valence-electron chi connectivity index (χ4n) is 2.70. The Balaban J connectivity index is 1.81. The van der Waals surface area contributed by atoms with Crippen molar-refractivity contribution in [2.45, 2.75) is 12.7 Å². The number of carbonyl (C=O) groups excluding carboxylic acids is 2. The van der Waals surface area contributed by atoms with Gasteiger partial charge in [0, 0.05) is 18.2 Å². The summed E-state index contributed by atoms with van der Waals surface area (Å²) in [5, 5.41) is 4.74. The van der Waals surface area contributed by atoms with Crippen LogP contribution < -0.4 is 10.6 Å². The van der Waals surface area contributed by atoms with Crippen molar-refractivity contribution in [3.05, 3.63) is 101 Å². The first-order valence-corrected chi connectivity index (χ1v) is 8.99. The maximum absolute atomic E-state index is 13.3. The summed E-state index contributed by atoms with van der Waals surface area (Å²) in [6.45, 7) is -0.537. The van der Waals surface area contributed by atoms with Gasteiger partial charge in [0.05, 0.1) is 11.8 Å². The van der Waals surface area contributed by atoms with Crippen LogP contribution in [0.2, 0.25) is 0 Å². The van der Waals surface area contributed by atoms with Crippen LogP contribution in [0.5, 0.6) is 0 Å². The minimum Gasteiger partial charge on any atom is -0.465 e. The van der Waals surface area contributed by atoms with E-state index in [4.69, 9.17) is 4.42 Å². The van der Waals surface area contributed by atoms with Crippen molar-refractivity contribution in [2.75, 3.05) is 0 Å². The Labute approximate surface area is 174 Å². The molecule has 3 rings (SSSR count). The van der Waals surface area contributed by atoms with Crippen molar-refractivity contribution in [3.63, 3.8) is 0 Å². The first-order chi connectivity index (χ1) is 14.7. The molecule has 9 heteroatoms. The lowest BCUT2D eigenvalue weighted by Gasteiger charge is -2.15. The van der Waals surface area contributed by atoms with E-state index in [1.165, 1.54) is 30.5 Å². The van der Waals surface area contributed by atoms with E-state index in [2.05, 4.69) is 10.6 Å². The number of hydrogen-bond donors (Lipinski definition) is 2. The van der Waals surface area contributed by atoms with Crippen molar-refractivity contribution in [1.82, 2.24) is 10.6 Å². The Morgan fingerprint density at radius 3 is 2.39 bits per heavy atom. The van der Waals surface area contributed by atoms with E-state index >= 15 is 0 Å². The summed E-state index contributed by atoms with van der Waals surface area (Å²) in [6.07, 6.45) is -2.20. The van der Waals surface area contributed by atoms with Crippen LogP contribution in [0.25, 0.3) is 6.08 Å². The summed E-state index contributed by atoms with van der Waals surface area (Å²) in [5.74, 6) is -2.24. The van der Waals surface area contributed by atoms with Gasteiger partial charge in [-0.3, -0.25) is 9.59 Å². The van der Waals surface area contributed by atoms with E-state index in [9.17, 15) is 27.2 Å². The highest BCUT2D eigenvalue weighted by atomic mass is 19.4. The van der Waals surface area contributed by atoms with Crippen LogP contribution in [0.15, 0.2) is 77.0 Å². The second-order valence-electron chi connectivity index (χ2n) is 6.38. The molecular weight excluding hydrogens is 416 g/mol. The Morgan fingerprint density at radius 1 is 1.00 bits per heavy atom. The Kier molecular flexibility index (Phi) is 6.54. The lowest BCUT2D eigenvalue weighted by molar-refractivity contribution is -0.138. The zero-order chi connectivity index (χ0) is 22.4. The zero-order valence-electron chi connectivity index (χ0n) is 15.9. The largest absolute Gasteiger partial charge is 0.465 e. The van der Waals surface area contributed by atoms with Gasteiger partial charge < -0.3 is 15.1 Å². The predicted octanol–water partition coefficient (Wildman–Crippen LogP) is 4.52. The molecule has 1 aromatic heterocycles. The number of carbonyl (C=O) groups is 2. The lowest BCUT2D eigenvalue weighted by atomic mass is 10.1. The topological polar surface area (TPSA) is 71.3 Å². The summed E-state index contributed by atoms with van der Waals surface area (Å²) < 4.78 is 57.9. The number of nitrogens with one attached hydrogen (secondary N) is 2. The van der Waals surface area contributed by atoms with E-state index in [1.54, 1.807) is 24.3 Å². The smallest absolute Gasteiger partial charge is 0.416 e. The summed E-state index contributed by atoms with van der Waals surface area (Å²) in [4.78, 5) is 25.1. The van der Waals surface area contributed by atoms with Crippen molar-refractivity contribution in [1.29, 1.82) is 0 Å². The van der Waals surface area contributed by atoms with Gasteiger partial charge in [-0.15, -0.1) is 0 Å². The van der Waals surface area contributed by atoms with Gasteiger partial charge in [-0.2, -0.15) is 13.2 Å². The molecule has 31 heavy (non-hydrogen) atoms. The number of halogens is 4. The van der Waals surface area contributed by atoms with Crippen LogP contribution in [0.3, 0.4) is 0 Å². The standard InChI is InChI=1S/C22H16F4N2O3/c23-16-9-8-15(18(11-16)22(24,25)26)13-27-21(30)19(12-17-7-4-10-31-17)28-20(29)14-5-2-1-3-6-14/h1-12H,13H2,(H,27,30)(H,28,29)/b19-12-.